The summed E-state index contributed by atoms with van der Waals surface area (Å²) in [4.78, 5) is 11.7. The van der Waals surface area contributed by atoms with Gasteiger partial charge in [-0.2, -0.15) is 0 Å². The van der Waals surface area contributed by atoms with Gasteiger partial charge in [-0.25, -0.2) is 9.97 Å². The van der Waals surface area contributed by atoms with Crippen LogP contribution in [0, 0.1) is 0 Å². The highest BCUT2D eigenvalue weighted by molar-refractivity contribution is 5.47. The molecule has 0 saturated carbocycles. The number of rotatable bonds is 5. The molecular weight excluding hydrogens is 236 g/mol. The first-order valence-corrected chi connectivity index (χ1v) is 7.48. The van der Waals surface area contributed by atoms with E-state index in [-0.39, 0.29) is 0 Å². The maximum absolute atomic E-state index is 4.81. The van der Waals surface area contributed by atoms with Crippen LogP contribution in [-0.4, -0.2) is 42.1 Å². The molecule has 1 heterocycles. The van der Waals surface area contributed by atoms with E-state index in [4.69, 9.17) is 9.97 Å². The van der Waals surface area contributed by atoms with E-state index in [2.05, 4.69) is 31.2 Å². The summed E-state index contributed by atoms with van der Waals surface area (Å²) in [6.45, 7) is 4.06. The molecule has 0 radical (unpaired) electrons. The normalized spacial score (nSPS) is 15.2. The minimum atomic E-state index is 0.927. The monoisotopic (exact) mass is 262 g/mol. The molecule has 1 aliphatic carbocycles. The topological polar surface area (TPSA) is 41.1 Å². The van der Waals surface area contributed by atoms with Gasteiger partial charge in [0.05, 0.1) is 0 Å². The first-order chi connectivity index (χ1) is 9.20. The lowest BCUT2D eigenvalue weighted by molar-refractivity contribution is 0.409. The molecule has 1 aliphatic rings. The van der Waals surface area contributed by atoms with Gasteiger partial charge in [-0.1, -0.05) is 6.42 Å². The van der Waals surface area contributed by atoms with Crippen LogP contribution in [0.5, 0.6) is 0 Å². The Morgan fingerprint density at radius 3 is 2.63 bits per heavy atom. The molecule has 0 atom stereocenters. The Balaban J connectivity index is 2.26. The lowest BCUT2D eigenvalue weighted by atomic mass is 10.1. The van der Waals surface area contributed by atoms with Crippen molar-refractivity contribution in [3.63, 3.8) is 0 Å². The molecule has 1 aromatic heterocycles. The van der Waals surface area contributed by atoms with Gasteiger partial charge in [0.25, 0.3) is 0 Å². The van der Waals surface area contributed by atoms with Gasteiger partial charge in [0.2, 0.25) is 0 Å². The lowest BCUT2D eigenvalue weighted by Gasteiger charge is -2.15. The van der Waals surface area contributed by atoms with Gasteiger partial charge in [-0.15, -0.1) is 0 Å². The fourth-order valence-corrected chi connectivity index (χ4v) is 2.57. The van der Waals surface area contributed by atoms with E-state index in [1.807, 2.05) is 0 Å². The third kappa shape index (κ3) is 3.90. The molecule has 2 rings (SSSR count). The average Bonchev–Trinajstić information content (AvgIpc) is 2.62. The van der Waals surface area contributed by atoms with Gasteiger partial charge in [-0.3, -0.25) is 0 Å². The summed E-state index contributed by atoms with van der Waals surface area (Å²) in [5.41, 5.74) is 2.66. The molecule has 4 nitrogen and oxygen atoms in total. The van der Waals surface area contributed by atoms with Crippen LogP contribution in [-0.2, 0) is 19.3 Å². The van der Waals surface area contributed by atoms with Crippen molar-refractivity contribution in [3.05, 3.63) is 17.1 Å². The van der Waals surface area contributed by atoms with Crippen LogP contribution in [0.25, 0.3) is 0 Å². The van der Waals surface area contributed by atoms with E-state index < -0.39 is 0 Å². The van der Waals surface area contributed by atoms with Crippen LogP contribution in [0.1, 0.15) is 43.3 Å². The minimum absolute atomic E-state index is 0.927. The van der Waals surface area contributed by atoms with E-state index in [1.165, 1.54) is 30.5 Å². The van der Waals surface area contributed by atoms with Crippen LogP contribution in [0.15, 0.2) is 0 Å². The molecule has 0 aromatic carbocycles. The highest BCUT2D eigenvalue weighted by Crippen LogP contribution is 2.24. The van der Waals surface area contributed by atoms with Crippen molar-refractivity contribution in [2.45, 2.75) is 45.4 Å². The number of hydrogen-bond donors (Lipinski definition) is 1. The van der Waals surface area contributed by atoms with E-state index in [1.54, 1.807) is 0 Å². The average molecular weight is 262 g/mol. The van der Waals surface area contributed by atoms with Crippen LogP contribution >= 0.6 is 0 Å². The second kappa shape index (κ2) is 6.85. The van der Waals surface area contributed by atoms with Gasteiger partial charge in [0.15, 0.2) is 0 Å². The van der Waals surface area contributed by atoms with E-state index in [9.17, 15) is 0 Å². The Morgan fingerprint density at radius 1 is 1.11 bits per heavy atom. The minimum Gasteiger partial charge on any atom is -0.370 e. The standard InChI is InChI=1S/C15H26N4/c1-4-16-15-12-8-6-5-7-9-13(12)17-14(18-15)10-11-19(2)3/h4-11H2,1-3H3,(H,16,17,18). The summed E-state index contributed by atoms with van der Waals surface area (Å²) in [7, 11) is 4.18. The summed E-state index contributed by atoms with van der Waals surface area (Å²) < 4.78 is 0. The van der Waals surface area contributed by atoms with Gasteiger partial charge in [0, 0.05) is 30.8 Å². The predicted molar refractivity (Wildman–Crippen MR) is 79.7 cm³/mol. The first kappa shape index (κ1) is 14.3. The van der Waals surface area contributed by atoms with Crippen molar-refractivity contribution in [1.82, 2.24) is 14.9 Å². The van der Waals surface area contributed by atoms with E-state index >= 15 is 0 Å². The van der Waals surface area contributed by atoms with Crippen molar-refractivity contribution >= 4 is 5.82 Å². The lowest BCUT2D eigenvalue weighted by Crippen LogP contribution is -2.18. The zero-order valence-corrected chi connectivity index (χ0v) is 12.5. The summed E-state index contributed by atoms with van der Waals surface area (Å²) in [6.07, 6.45) is 7.03. The number of fused-ring (bicyclic) bond motifs is 1. The third-order valence-electron chi connectivity index (χ3n) is 3.61. The molecule has 0 spiro atoms. The quantitative estimate of drug-likeness (QED) is 0.827. The number of hydrogen-bond acceptors (Lipinski definition) is 4. The van der Waals surface area contributed by atoms with Crippen LogP contribution in [0.4, 0.5) is 5.82 Å². The molecular formula is C15H26N4. The maximum atomic E-state index is 4.81. The summed E-state index contributed by atoms with van der Waals surface area (Å²) in [5, 5.41) is 3.43. The number of nitrogens with zero attached hydrogens (tertiary/aromatic N) is 3. The largest absolute Gasteiger partial charge is 0.370 e. The number of anilines is 1. The molecule has 0 unspecified atom stereocenters. The first-order valence-electron chi connectivity index (χ1n) is 7.48. The molecule has 0 aliphatic heterocycles. The summed E-state index contributed by atoms with van der Waals surface area (Å²) in [5.74, 6) is 2.08. The Labute approximate surface area is 116 Å². The Morgan fingerprint density at radius 2 is 1.89 bits per heavy atom. The fourth-order valence-electron chi connectivity index (χ4n) is 2.57. The zero-order chi connectivity index (χ0) is 13.7. The smallest absolute Gasteiger partial charge is 0.133 e. The van der Waals surface area contributed by atoms with Crippen molar-refractivity contribution in [3.8, 4) is 0 Å². The SMILES string of the molecule is CCNc1nc(CCN(C)C)nc2c1CCCCC2. The number of aryl methyl sites for hydroxylation is 1. The molecule has 1 N–H and O–H groups in total. The summed E-state index contributed by atoms with van der Waals surface area (Å²) >= 11 is 0. The Kier molecular flexibility index (Phi) is 5.14. The molecule has 19 heavy (non-hydrogen) atoms. The predicted octanol–water partition coefficient (Wildman–Crippen LogP) is 2.28. The van der Waals surface area contributed by atoms with Crippen LogP contribution < -0.4 is 5.32 Å². The third-order valence-corrected chi connectivity index (χ3v) is 3.61. The zero-order valence-electron chi connectivity index (χ0n) is 12.5. The maximum Gasteiger partial charge on any atom is 0.133 e. The van der Waals surface area contributed by atoms with Gasteiger partial charge < -0.3 is 10.2 Å². The molecule has 0 fully saturated rings. The van der Waals surface area contributed by atoms with Gasteiger partial charge >= 0.3 is 0 Å². The highest BCUT2D eigenvalue weighted by atomic mass is 15.1. The Hall–Kier alpha value is -1.16. The van der Waals surface area contributed by atoms with Crippen molar-refractivity contribution in [2.24, 2.45) is 0 Å². The highest BCUT2D eigenvalue weighted by Gasteiger charge is 2.16. The summed E-state index contributed by atoms with van der Waals surface area (Å²) in [6, 6.07) is 0. The number of likely N-dealkylation sites (N-methyl/N-ethyl adjacent to an activating group) is 1. The molecule has 0 saturated heterocycles. The Bertz CT molecular complexity index is 415. The van der Waals surface area contributed by atoms with Crippen molar-refractivity contribution in [2.75, 3.05) is 32.5 Å². The molecule has 4 heteroatoms. The molecule has 0 bridgehead atoms. The number of aromatic nitrogens is 2. The van der Waals surface area contributed by atoms with Gasteiger partial charge in [-0.05, 0) is 46.7 Å². The van der Waals surface area contributed by atoms with Crippen molar-refractivity contribution in [1.29, 1.82) is 0 Å². The van der Waals surface area contributed by atoms with E-state index in [0.717, 1.165) is 44.0 Å². The van der Waals surface area contributed by atoms with Crippen LogP contribution in [0.3, 0.4) is 0 Å². The second-order valence-corrected chi connectivity index (χ2v) is 5.56. The van der Waals surface area contributed by atoms with Gasteiger partial charge in [0.1, 0.15) is 11.6 Å². The fraction of sp³-hybridized carbons (Fsp3) is 0.733. The second-order valence-electron chi connectivity index (χ2n) is 5.56. The van der Waals surface area contributed by atoms with Crippen LogP contribution in [0.2, 0.25) is 0 Å². The molecule has 106 valence electrons. The molecule has 0 amide bonds. The van der Waals surface area contributed by atoms with Crippen molar-refractivity contribution < 1.29 is 0 Å². The molecule has 1 aromatic rings. The number of nitrogens with one attached hydrogen (secondary N) is 1. The van der Waals surface area contributed by atoms with E-state index in [0.29, 0.717) is 0 Å².